The number of carbonyl (C=O) groups excluding carboxylic acids is 1. The van der Waals surface area contributed by atoms with Crippen molar-refractivity contribution >= 4 is 34.6 Å². The Morgan fingerprint density at radius 2 is 1.93 bits per heavy atom. The van der Waals surface area contributed by atoms with Crippen LogP contribution in [0.1, 0.15) is 52.4 Å². The van der Waals surface area contributed by atoms with Gasteiger partial charge in [0, 0.05) is 32.4 Å². The number of halogens is 1. The van der Waals surface area contributed by atoms with Crippen LogP contribution in [0.3, 0.4) is 0 Å². The molecule has 0 bridgehead atoms. The molecule has 1 aliphatic heterocycles. The maximum absolute atomic E-state index is 12.4. The van der Waals surface area contributed by atoms with Gasteiger partial charge < -0.3 is 9.84 Å². The number of hydrogen-bond acceptors (Lipinski definition) is 5. The minimum absolute atomic E-state index is 0.0542. The summed E-state index contributed by atoms with van der Waals surface area (Å²) in [6, 6.07) is 7.26. The van der Waals surface area contributed by atoms with Crippen LogP contribution in [0.25, 0.3) is 10.4 Å². The molecule has 3 aromatic rings. The van der Waals surface area contributed by atoms with E-state index in [-0.39, 0.29) is 12.3 Å². The molecule has 1 atom stereocenters. The SMILES string of the molecule is CCNC(=O)CC1N=C(c2ccc(Cl)cc2)c2c(sc(C)c2C)-c2c1noc2C. The summed E-state index contributed by atoms with van der Waals surface area (Å²) in [5.74, 6) is 0.692. The minimum Gasteiger partial charge on any atom is -0.361 e. The van der Waals surface area contributed by atoms with E-state index in [9.17, 15) is 4.79 Å². The Kier molecular flexibility index (Phi) is 5.32. The zero-order valence-electron chi connectivity index (χ0n) is 16.8. The molecule has 5 nitrogen and oxygen atoms in total. The number of benzene rings is 1. The van der Waals surface area contributed by atoms with Crippen molar-refractivity contribution in [3.05, 3.63) is 62.3 Å². The summed E-state index contributed by atoms with van der Waals surface area (Å²) in [4.78, 5) is 19.8. The number of carbonyl (C=O) groups is 1. The molecule has 0 radical (unpaired) electrons. The quantitative estimate of drug-likeness (QED) is 0.606. The summed E-state index contributed by atoms with van der Waals surface area (Å²) in [6.45, 7) is 8.63. The van der Waals surface area contributed by atoms with Crippen LogP contribution in [0.15, 0.2) is 33.8 Å². The second-order valence-electron chi connectivity index (χ2n) is 7.14. The number of rotatable bonds is 4. The molecule has 150 valence electrons. The van der Waals surface area contributed by atoms with Gasteiger partial charge in [-0.15, -0.1) is 11.3 Å². The monoisotopic (exact) mass is 427 g/mol. The fraction of sp³-hybridized carbons (Fsp3) is 0.318. The van der Waals surface area contributed by atoms with E-state index in [1.54, 1.807) is 11.3 Å². The maximum atomic E-state index is 12.4. The second kappa shape index (κ2) is 7.76. The number of amides is 1. The van der Waals surface area contributed by atoms with E-state index in [2.05, 4.69) is 24.3 Å². The number of aliphatic imine (C=N–C) groups is 1. The van der Waals surface area contributed by atoms with Crippen molar-refractivity contribution < 1.29 is 9.32 Å². The average Bonchev–Trinajstić information content (AvgIpc) is 3.15. The van der Waals surface area contributed by atoms with E-state index in [0.717, 1.165) is 38.7 Å². The van der Waals surface area contributed by atoms with E-state index in [1.165, 1.54) is 10.4 Å². The molecule has 1 unspecified atom stereocenters. The molecule has 3 heterocycles. The molecule has 0 saturated carbocycles. The molecular formula is C22H22ClN3O2S. The van der Waals surface area contributed by atoms with Gasteiger partial charge in [-0.05, 0) is 45.4 Å². The number of nitrogens with zero attached hydrogens (tertiary/aromatic N) is 2. The predicted molar refractivity (Wildman–Crippen MR) is 117 cm³/mol. The molecule has 2 aromatic heterocycles. The highest BCUT2D eigenvalue weighted by molar-refractivity contribution is 7.16. The summed E-state index contributed by atoms with van der Waals surface area (Å²) in [7, 11) is 0. The van der Waals surface area contributed by atoms with Gasteiger partial charge in [0.05, 0.1) is 17.7 Å². The van der Waals surface area contributed by atoms with E-state index in [0.29, 0.717) is 11.6 Å². The van der Waals surface area contributed by atoms with Crippen LogP contribution in [-0.2, 0) is 4.79 Å². The first-order valence-electron chi connectivity index (χ1n) is 9.58. The van der Waals surface area contributed by atoms with Crippen molar-refractivity contribution in [2.45, 2.75) is 40.2 Å². The first kappa shape index (κ1) is 19.9. The van der Waals surface area contributed by atoms with Crippen LogP contribution < -0.4 is 5.32 Å². The summed E-state index contributed by atoms with van der Waals surface area (Å²) < 4.78 is 5.55. The summed E-state index contributed by atoms with van der Waals surface area (Å²) in [5, 5.41) is 7.86. The first-order chi connectivity index (χ1) is 13.9. The van der Waals surface area contributed by atoms with Crippen molar-refractivity contribution in [3.63, 3.8) is 0 Å². The lowest BCUT2D eigenvalue weighted by Crippen LogP contribution is -2.24. The van der Waals surface area contributed by atoms with E-state index in [1.807, 2.05) is 38.1 Å². The number of hydrogen-bond donors (Lipinski definition) is 1. The summed E-state index contributed by atoms with van der Waals surface area (Å²) in [6.07, 6.45) is 0.219. The van der Waals surface area contributed by atoms with Crippen LogP contribution in [0.4, 0.5) is 0 Å². The van der Waals surface area contributed by atoms with Gasteiger partial charge in [-0.1, -0.05) is 28.9 Å². The van der Waals surface area contributed by atoms with Crippen molar-refractivity contribution in [2.24, 2.45) is 4.99 Å². The summed E-state index contributed by atoms with van der Waals surface area (Å²) in [5.41, 5.74) is 5.79. The smallest absolute Gasteiger partial charge is 0.222 e. The molecule has 1 aromatic carbocycles. The summed E-state index contributed by atoms with van der Waals surface area (Å²) >= 11 is 7.83. The molecule has 1 N–H and O–H groups in total. The highest BCUT2D eigenvalue weighted by atomic mass is 35.5. The van der Waals surface area contributed by atoms with Crippen LogP contribution in [0.2, 0.25) is 5.02 Å². The third-order valence-electron chi connectivity index (χ3n) is 5.21. The Bertz CT molecular complexity index is 1110. The molecule has 7 heteroatoms. The van der Waals surface area contributed by atoms with Gasteiger partial charge in [-0.25, -0.2) is 0 Å². The highest BCUT2D eigenvalue weighted by Crippen LogP contribution is 2.46. The fourth-order valence-electron chi connectivity index (χ4n) is 3.68. The van der Waals surface area contributed by atoms with Gasteiger partial charge in [0.1, 0.15) is 17.5 Å². The Hall–Kier alpha value is -2.44. The normalized spacial score (nSPS) is 15.3. The number of thiophene rings is 1. The Morgan fingerprint density at radius 3 is 2.62 bits per heavy atom. The van der Waals surface area contributed by atoms with Gasteiger partial charge in [0.15, 0.2) is 0 Å². The third kappa shape index (κ3) is 3.51. The molecule has 0 fully saturated rings. The zero-order chi connectivity index (χ0) is 20.7. The van der Waals surface area contributed by atoms with Crippen molar-refractivity contribution in [3.8, 4) is 10.4 Å². The average molecular weight is 428 g/mol. The standard InChI is InChI=1S/C22H22ClN3O2S/c1-5-24-17(27)10-16-21-19(12(3)28-26-21)22-18(11(2)13(4)29-22)20(25-16)14-6-8-15(23)9-7-14/h6-9,16H,5,10H2,1-4H3,(H,24,27). The van der Waals surface area contributed by atoms with Crippen molar-refractivity contribution in [1.82, 2.24) is 10.5 Å². The first-order valence-corrected chi connectivity index (χ1v) is 10.8. The Morgan fingerprint density at radius 1 is 1.21 bits per heavy atom. The molecule has 1 amide bonds. The fourth-order valence-corrected chi connectivity index (χ4v) is 5.07. The number of aryl methyl sites for hydroxylation is 2. The predicted octanol–water partition coefficient (Wildman–Crippen LogP) is 5.40. The number of nitrogens with one attached hydrogen (secondary N) is 1. The minimum atomic E-state index is -0.418. The Balaban J connectivity index is 1.96. The number of aromatic nitrogens is 1. The lowest BCUT2D eigenvalue weighted by atomic mass is 9.96. The van der Waals surface area contributed by atoms with Gasteiger partial charge >= 0.3 is 0 Å². The van der Waals surface area contributed by atoms with Gasteiger partial charge in [-0.3, -0.25) is 9.79 Å². The van der Waals surface area contributed by atoms with Gasteiger partial charge in [-0.2, -0.15) is 0 Å². The highest BCUT2D eigenvalue weighted by Gasteiger charge is 2.33. The largest absolute Gasteiger partial charge is 0.361 e. The molecule has 0 saturated heterocycles. The molecule has 29 heavy (non-hydrogen) atoms. The second-order valence-corrected chi connectivity index (χ2v) is 8.81. The van der Waals surface area contributed by atoms with E-state index in [4.69, 9.17) is 21.1 Å². The zero-order valence-corrected chi connectivity index (χ0v) is 18.4. The topological polar surface area (TPSA) is 67.5 Å². The number of fused-ring (bicyclic) bond motifs is 3. The molecule has 0 aliphatic carbocycles. The molecular weight excluding hydrogens is 406 g/mol. The van der Waals surface area contributed by atoms with Crippen molar-refractivity contribution in [2.75, 3.05) is 6.54 Å². The molecule has 4 rings (SSSR count). The van der Waals surface area contributed by atoms with E-state index < -0.39 is 6.04 Å². The van der Waals surface area contributed by atoms with Crippen LogP contribution in [0, 0.1) is 20.8 Å². The van der Waals surface area contributed by atoms with Crippen LogP contribution in [-0.4, -0.2) is 23.3 Å². The van der Waals surface area contributed by atoms with Crippen LogP contribution >= 0.6 is 22.9 Å². The maximum Gasteiger partial charge on any atom is 0.222 e. The Labute approximate surface area is 178 Å². The molecule has 0 spiro atoms. The van der Waals surface area contributed by atoms with Gasteiger partial charge in [0.2, 0.25) is 5.91 Å². The lowest BCUT2D eigenvalue weighted by Gasteiger charge is -2.12. The van der Waals surface area contributed by atoms with Gasteiger partial charge in [0.25, 0.3) is 0 Å². The molecule has 1 aliphatic rings. The van der Waals surface area contributed by atoms with Crippen LogP contribution in [0.5, 0.6) is 0 Å². The lowest BCUT2D eigenvalue weighted by molar-refractivity contribution is -0.121. The van der Waals surface area contributed by atoms with E-state index >= 15 is 0 Å². The van der Waals surface area contributed by atoms with Crippen molar-refractivity contribution in [1.29, 1.82) is 0 Å². The third-order valence-corrected chi connectivity index (χ3v) is 6.69.